The third-order valence-electron chi connectivity index (χ3n) is 3.30. The summed E-state index contributed by atoms with van der Waals surface area (Å²) >= 11 is 0. The highest BCUT2D eigenvalue weighted by Gasteiger charge is 2.19. The van der Waals surface area contributed by atoms with Crippen molar-refractivity contribution in [2.24, 2.45) is 0 Å². The largest absolute Gasteiger partial charge is 0.352 e. The fourth-order valence-electron chi connectivity index (χ4n) is 2.34. The lowest BCUT2D eigenvalue weighted by Crippen LogP contribution is -2.35. The van der Waals surface area contributed by atoms with Gasteiger partial charge < -0.3 is 10.6 Å². The standard InChI is InChI=1S/C13H16N4O/c18-13-5-4-11(16-13)9-14-7-10-8-15-17-6-2-1-3-12(10)17/h1-3,6,8,11,14H,4-5,7,9H2,(H,16,18). The van der Waals surface area contributed by atoms with Gasteiger partial charge in [0.1, 0.15) is 0 Å². The number of amides is 1. The van der Waals surface area contributed by atoms with Crippen LogP contribution in [-0.4, -0.2) is 28.1 Å². The van der Waals surface area contributed by atoms with Crippen LogP contribution in [-0.2, 0) is 11.3 Å². The highest BCUT2D eigenvalue weighted by molar-refractivity contribution is 5.78. The first-order valence-corrected chi connectivity index (χ1v) is 6.24. The van der Waals surface area contributed by atoms with Gasteiger partial charge in [0.25, 0.3) is 0 Å². The van der Waals surface area contributed by atoms with E-state index in [1.807, 2.05) is 29.0 Å². The zero-order valence-corrected chi connectivity index (χ0v) is 10.1. The maximum atomic E-state index is 11.1. The smallest absolute Gasteiger partial charge is 0.220 e. The van der Waals surface area contributed by atoms with Gasteiger partial charge in [-0.25, -0.2) is 4.52 Å². The fraction of sp³-hybridized carbons (Fsp3) is 0.385. The first-order chi connectivity index (χ1) is 8.83. The lowest BCUT2D eigenvalue weighted by molar-refractivity contribution is -0.119. The van der Waals surface area contributed by atoms with Gasteiger partial charge >= 0.3 is 0 Å². The fourth-order valence-corrected chi connectivity index (χ4v) is 2.34. The number of hydrogen-bond donors (Lipinski definition) is 2. The molecule has 2 N–H and O–H groups in total. The van der Waals surface area contributed by atoms with Gasteiger partial charge in [0.15, 0.2) is 0 Å². The van der Waals surface area contributed by atoms with Crippen molar-refractivity contribution < 1.29 is 4.79 Å². The SMILES string of the molecule is O=C1CCC(CNCc2cnn3ccccc23)N1. The molecular weight excluding hydrogens is 228 g/mol. The first kappa shape index (κ1) is 11.2. The lowest BCUT2D eigenvalue weighted by atomic mass is 10.2. The van der Waals surface area contributed by atoms with Crippen molar-refractivity contribution in [3.63, 3.8) is 0 Å². The maximum Gasteiger partial charge on any atom is 0.220 e. The van der Waals surface area contributed by atoms with Crippen LogP contribution in [0, 0.1) is 0 Å². The Bertz CT molecular complexity index is 563. The summed E-state index contributed by atoms with van der Waals surface area (Å²) in [6, 6.07) is 6.31. The van der Waals surface area contributed by atoms with E-state index >= 15 is 0 Å². The summed E-state index contributed by atoms with van der Waals surface area (Å²) in [4.78, 5) is 11.1. The van der Waals surface area contributed by atoms with Gasteiger partial charge in [0.2, 0.25) is 5.91 Å². The molecule has 5 heteroatoms. The number of hydrogen-bond acceptors (Lipinski definition) is 3. The van der Waals surface area contributed by atoms with Crippen molar-refractivity contribution in [1.82, 2.24) is 20.2 Å². The van der Waals surface area contributed by atoms with Crippen LogP contribution < -0.4 is 10.6 Å². The second-order valence-corrected chi connectivity index (χ2v) is 4.63. The molecular formula is C13H16N4O. The molecule has 2 aromatic rings. The van der Waals surface area contributed by atoms with E-state index in [4.69, 9.17) is 0 Å². The molecule has 3 rings (SSSR count). The summed E-state index contributed by atoms with van der Waals surface area (Å²) in [6.07, 6.45) is 5.41. The van der Waals surface area contributed by atoms with Gasteiger partial charge in [-0.2, -0.15) is 5.10 Å². The molecule has 2 aromatic heterocycles. The Morgan fingerprint density at radius 1 is 1.50 bits per heavy atom. The van der Waals surface area contributed by atoms with Crippen LogP contribution in [0.4, 0.5) is 0 Å². The zero-order chi connectivity index (χ0) is 12.4. The number of aromatic nitrogens is 2. The Kier molecular flexibility index (Phi) is 2.98. The molecule has 0 radical (unpaired) electrons. The van der Waals surface area contributed by atoms with Crippen molar-refractivity contribution in [1.29, 1.82) is 0 Å². The minimum absolute atomic E-state index is 0.165. The highest BCUT2D eigenvalue weighted by atomic mass is 16.1. The van der Waals surface area contributed by atoms with Crippen molar-refractivity contribution in [3.8, 4) is 0 Å². The van der Waals surface area contributed by atoms with Crippen LogP contribution in [0.1, 0.15) is 18.4 Å². The van der Waals surface area contributed by atoms with Crippen molar-refractivity contribution in [3.05, 3.63) is 36.2 Å². The summed E-state index contributed by atoms with van der Waals surface area (Å²) in [7, 11) is 0. The van der Waals surface area contributed by atoms with Crippen LogP contribution in [0.5, 0.6) is 0 Å². The average molecular weight is 244 g/mol. The van der Waals surface area contributed by atoms with Gasteiger partial charge in [0, 0.05) is 37.3 Å². The summed E-state index contributed by atoms with van der Waals surface area (Å²) in [6.45, 7) is 1.59. The van der Waals surface area contributed by atoms with E-state index in [1.165, 1.54) is 5.56 Å². The predicted molar refractivity (Wildman–Crippen MR) is 68.1 cm³/mol. The van der Waals surface area contributed by atoms with Crippen LogP contribution in [0.25, 0.3) is 5.52 Å². The molecule has 0 spiro atoms. The number of nitrogens with zero attached hydrogens (tertiary/aromatic N) is 2. The van der Waals surface area contributed by atoms with E-state index in [2.05, 4.69) is 21.8 Å². The number of fused-ring (bicyclic) bond motifs is 1. The van der Waals surface area contributed by atoms with Gasteiger partial charge in [-0.1, -0.05) is 6.07 Å². The molecule has 1 saturated heterocycles. The van der Waals surface area contributed by atoms with E-state index < -0.39 is 0 Å². The molecule has 3 heterocycles. The zero-order valence-electron chi connectivity index (χ0n) is 10.1. The van der Waals surface area contributed by atoms with E-state index in [-0.39, 0.29) is 11.9 Å². The topological polar surface area (TPSA) is 58.4 Å². The molecule has 1 aliphatic rings. The molecule has 1 amide bonds. The third kappa shape index (κ3) is 2.22. The van der Waals surface area contributed by atoms with Gasteiger partial charge in [-0.15, -0.1) is 0 Å². The summed E-state index contributed by atoms with van der Waals surface area (Å²) in [5.41, 5.74) is 2.31. The molecule has 0 bridgehead atoms. The van der Waals surface area contributed by atoms with E-state index in [1.54, 1.807) is 0 Å². The normalized spacial score (nSPS) is 19.3. The summed E-state index contributed by atoms with van der Waals surface area (Å²) < 4.78 is 1.87. The first-order valence-electron chi connectivity index (χ1n) is 6.24. The number of pyridine rings is 1. The monoisotopic (exact) mass is 244 g/mol. The van der Waals surface area contributed by atoms with Crippen molar-refractivity contribution >= 4 is 11.4 Å². The van der Waals surface area contributed by atoms with Crippen LogP contribution in [0.15, 0.2) is 30.6 Å². The summed E-state index contributed by atoms with van der Waals surface area (Å²) in [5, 5.41) is 10.6. The number of carbonyl (C=O) groups is 1. The Morgan fingerprint density at radius 2 is 2.44 bits per heavy atom. The third-order valence-corrected chi connectivity index (χ3v) is 3.30. The average Bonchev–Trinajstić information content (AvgIpc) is 2.97. The minimum Gasteiger partial charge on any atom is -0.352 e. The maximum absolute atomic E-state index is 11.1. The van der Waals surface area contributed by atoms with Gasteiger partial charge in [-0.3, -0.25) is 4.79 Å². The predicted octanol–water partition coefficient (Wildman–Crippen LogP) is 0.702. The van der Waals surface area contributed by atoms with E-state index in [0.717, 1.165) is 25.0 Å². The molecule has 0 saturated carbocycles. The van der Waals surface area contributed by atoms with Crippen molar-refractivity contribution in [2.45, 2.75) is 25.4 Å². The molecule has 94 valence electrons. The van der Waals surface area contributed by atoms with Crippen LogP contribution in [0.3, 0.4) is 0 Å². The second kappa shape index (κ2) is 4.78. The molecule has 1 unspecified atom stereocenters. The van der Waals surface area contributed by atoms with Gasteiger partial charge in [0.05, 0.1) is 11.7 Å². The Hall–Kier alpha value is -1.88. The Morgan fingerprint density at radius 3 is 3.28 bits per heavy atom. The van der Waals surface area contributed by atoms with Crippen LogP contribution in [0.2, 0.25) is 0 Å². The lowest BCUT2D eigenvalue weighted by Gasteiger charge is -2.10. The number of rotatable bonds is 4. The minimum atomic E-state index is 0.165. The van der Waals surface area contributed by atoms with Gasteiger partial charge in [-0.05, 0) is 18.6 Å². The molecule has 0 aliphatic carbocycles. The second-order valence-electron chi connectivity index (χ2n) is 4.63. The molecule has 0 aromatic carbocycles. The number of carbonyl (C=O) groups excluding carboxylic acids is 1. The van der Waals surface area contributed by atoms with E-state index in [9.17, 15) is 4.79 Å². The van der Waals surface area contributed by atoms with Crippen LogP contribution >= 0.6 is 0 Å². The molecule has 5 nitrogen and oxygen atoms in total. The summed E-state index contributed by atoms with van der Waals surface area (Å²) in [5.74, 6) is 0.165. The highest BCUT2D eigenvalue weighted by Crippen LogP contribution is 2.10. The van der Waals surface area contributed by atoms with Crippen molar-refractivity contribution in [2.75, 3.05) is 6.54 Å². The molecule has 1 fully saturated rings. The number of nitrogens with one attached hydrogen (secondary N) is 2. The van der Waals surface area contributed by atoms with E-state index in [0.29, 0.717) is 6.42 Å². The quantitative estimate of drug-likeness (QED) is 0.832. The Labute approximate surface area is 105 Å². The molecule has 1 atom stereocenters. The Balaban J connectivity index is 1.58. The molecule has 18 heavy (non-hydrogen) atoms. The molecule has 1 aliphatic heterocycles.